The number of ether oxygens (including phenoxy) is 1. The summed E-state index contributed by atoms with van der Waals surface area (Å²) in [6, 6.07) is 13.0. The number of para-hydroxylation sites is 1. The molecule has 1 N–H and O–H groups in total. The molecule has 1 saturated heterocycles. The molecule has 2 amide bonds. The van der Waals surface area contributed by atoms with E-state index in [9.17, 15) is 9.59 Å². The molecule has 2 aromatic heterocycles. The molecule has 0 aliphatic carbocycles. The summed E-state index contributed by atoms with van der Waals surface area (Å²) in [5.41, 5.74) is 4.46. The highest BCUT2D eigenvalue weighted by Crippen LogP contribution is 2.31. The predicted molar refractivity (Wildman–Crippen MR) is 131 cm³/mol. The van der Waals surface area contributed by atoms with Gasteiger partial charge in [0, 0.05) is 42.7 Å². The molecule has 0 bridgehead atoms. The molecule has 0 atom stereocenters. The van der Waals surface area contributed by atoms with Crippen LogP contribution in [0.3, 0.4) is 0 Å². The number of fused-ring (bicyclic) bond motifs is 2. The van der Waals surface area contributed by atoms with E-state index < -0.39 is 0 Å². The zero-order chi connectivity index (χ0) is 23.7. The van der Waals surface area contributed by atoms with Crippen LogP contribution in [0, 0.1) is 0 Å². The Morgan fingerprint density at radius 1 is 1.09 bits per heavy atom. The largest absolute Gasteiger partial charge is 0.449 e. The van der Waals surface area contributed by atoms with Gasteiger partial charge in [0.25, 0.3) is 5.91 Å². The Kier molecular flexibility index (Phi) is 6.06. The van der Waals surface area contributed by atoms with Crippen molar-refractivity contribution in [1.82, 2.24) is 24.8 Å². The minimum absolute atomic E-state index is 0.0961. The maximum Gasteiger partial charge on any atom is 0.409 e. The first-order valence-corrected chi connectivity index (χ1v) is 11.7. The van der Waals surface area contributed by atoms with Gasteiger partial charge in [0.2, 0.25) is 0 Å². The van der Waals surface area contributed by atoms with Crippen LogP contribution in [0.5, 0.6) is 0 Å². The van der Waals surface area contributed by atoms with E-state index in [2.05, 4.69) is 9.97 Å². The molecule has 174 valence electrons. The van der Waals surface area contributed by atoms with E-state index in [-0.39, 0.29) is 12.0 Å². The number of piperazine rings is 1. The predicted octanol–water partition coefficient (Wildman–Crippen LogP) is 4.74. The van der Waals surface area contributed by atoms with Gasteiger partial charge in [-0.1, -0.05) is 36.7 Å². The fourth-order valence-corrected chi connectivity index (χ4v) is 4.45. The molecular formula is C25H24ClN5O3. The number of nitrogens with zero attached hydrogens (tertiary/aromatic N) is 4. The number of benzene rings is 2. The standard InChI is InChI=1S/C25H24ClN5O3/c1-2-12-34-25(33)31-10-8-30(9-11-31)24(32)16-6-7-17-19(26)14-22(29-21(17)13-16)18-4-3-5-20-23(18)28-15-27-20/h3-7,13-15H,2,8-12H2,1H3,(H,27,28). The molecule has 3 heterocycles. The van der Waals surface area contributed by atoms with E-state index in [1.54, 1.807) is 28.3 Å². The quantitative estimate of drug-likeness (QED) is 0.458. The van der Waals surface area contributed by atoms with Gasteiger partial charge in [-0.05, 0) is 30.7 Å². The summed E-state index contributed by atoms with van der Waals surface area (Å²) in [7, 11) is 0. The smallest absolute Gasteiger partial charge is 0.409 e. The van der Waals surface area contributed by atoms with Gasteiger partial charge in [-0.15, -0.1) is 0 Å². The Hall–Kier alpha value is -3.65. The number of rotatable bonds is 4. The molecule has 0 radical (unpaired) electrons. The third-order valence-corrected chi connectivity index (χ3v) is 6.30. The van der Waals surface area contributed by atoms with Crippen LogP contribution in [0.1, 0.15) is 23.7 Å². The van der Waals surface area contributed by atoms with Crippen LogP contribution in [0.4, 0.5) is 4.79 Å². The van der Waals surface area contributed by atoms with Gasteiger partial charge in [0.05, 0.1) is 40.2 Å². The Labute approximate surface area is 201 Å². The van der Waals surface area contributed by atoms with Gasteiger partial charge in [0.1, 0.15) is 0 Å². The third-order valence-electron chi connectivity index (χ3n) is 5.99. The number of hydrogen-bond donors (Lipinski definition) is 1. The minimum Gasteiger partial charge on any atom is -0.449 e. The van der Waals surface area contributed by atoms with Crippen molar-refractivity contribution in [3.05, 3.63) is 59.4 Å². The fourth-order valence-electron chi connectivity index (χ4n) is 4.18. The van der Waals surface area contributed by atoms with Gasteiger partial charge >= 0.3 is 6.09 Å². The van der Waals surface area contributed by atoms with E-state index in [0.29, 0.717) is 54.6 Å². The van der Waals surface area contributed by atoms with Crippen LogP contribution >= 0.6 is 11.6 Å². The first kappa shape index (κ1) is 22.2. The maximum absolute atomic E-state index is 13.2. The minimum atomic E-state index is -0.321. The summed E-state index contributed by atoms with van der Waals surface area (Å²) < 4.78 is 5.20. The molecule has 0 spiro atoms. The summed E-state index contributed by atoms with van der Waals surface area (Å²) in [6.07, 6.45) is 2.11. The number of pyridine rings is 1. The normalized spacial score (nSPS) is 14.1. The number of H-pyrrole nitrogens is 1. The lowest BCUT2D eigenvalue weighted by Crippen LogP contribution is -2.50. The number of aromatic amines is 1. The van der Waals surface area contributed by atoms with Gasteiger partial charge < -0.3 is 19.5 Å². The molecule has 4 aromatic rings. The fraction of sp³-hybridized carbons (Fsp3) is 0.280. The average Bonchev–Trinajstić information content (AvgIpc) is 3.35. The first-order valence-electron chi connectivity index (χ1n) is 11.3. The number of aromatic nitrogens is 3. The molecule has 34 heavy (non-hydrogen) atoms. The molecular weight excluding hydrogens is 454 g/mol. The lowest BCUT2D eigenvalue weighted by molar-refractivity contribution is 0.0560. The number of carbonyl (C=O) groups is 2. The van der Waals surface area contributed by atoms with Crippen LogP contribution in [-0.2, 0) is 4.74 Å². The summed E-state index contributed by atoms with van der Waals surface area (Å²) in [6.45, 7) is 4.16. The van der Waals surface area contributed by atoms with Crippen molar-refractivity contribution in [2.24, 2.45) is 0 Å². The summed E-state index contributed by atoms with van der Waals surface area (Å²) in [5.74, 6) is -0.0961. The molecule has 9 heteroatoms. The zero-order valence-corrected chi connectivity index (χ0v) is 19.5. The average molecular weight is 478 g/mol. The monoisotopic (exact) mass is 477 g/mol. The number of carbonyl (C=O) groups excluding carboxylic acids is 2. The van der Waals surface area contributed by atoms with Gasteiger partial charge in [-0.2, -0.15) is 0 Å². The van der Waals surface area contributed by atoms with Crippen molar-refractivity contribution in [2.75, 3.05) is 32.8 Å². The van der Waals surface area contributed by atoms with E-state index in [1.807, 2.05) is 37.3 Å². The Morgan fingerprint density at radius 2 is 1.88 bits per heavy atom. The van der Waals surface area contributed by atoms with E-state index in [0.717, 1.165) is 28.4 Å². The molecule has 5 rings (SSSR count). The van der Waals surface area contributed by atoms with Gasteiger partial charge in [-0.25, -0.2) is 14.8 Å². The van der Waals surface area contributed by atoms with Crippen molar-refractivity contribution < 1.29 is 14.3 Å². The second-order valence-corrected chi connectivity index (χ2v) is 8.63. The van der Waals surface area contributed by atoms with Crippen LogP contribution < -0.4 is 0 Å². The van der Waals surface area contributed by atoms with Crippen LogP contribution in [0.2, 0.25) is 5.02 Å². The Bertz CT molecular complexity index is 1380. The number of hydrogen-bond acceptors (Lipinski definition) is 5. The highest BCUT2D eigenvalue weighted by atomic mass is 35.5. The summed E-state index contributed by atoms with van der Waals surface area (Å²) in [4.78, 5) is 41.0. The Balaban J connectivity index is 1.39. The lowest BCUT2D eigenvalue weighted by Gasteiger charge is -2.34. The topological polar surface area (TPSA) is 91.4 Å². The van der Waals surface area contributed by atoms with Crippen molar-refractivity contribution in [3.63, 3.8) is 0 Å². The third kappa shape index (κ3) is 4.17. The molecule has 1 fully saturated rings. The SMILES string of the molecule is CCCOC(=O)N1CCN(C(=O)c2ccc3c(Cl)cc(-c4cccc5[nH]cnc45)nc3c2)CC1. The highest BCUT2D eigenvalue weighted by Gasteiger charge is 2.26. The number of amides is 2. The van der Waals surface area contributed by atoms with Crippen molar-refractivity contribution in [1.29, 1.82) is 0 Å². The molecule has 0 unspecified atom stereocenters. The van der Waals surface area contributed by atoms with Crippen molar-refractivity contribution in [2.45, 2.75) is 13.3 Å². The van der Waals surface area contributed by atoms with Crippen LogP contribution in [0.15, 0.2) is 48.8 Å². The second-order valence-electron chi connectivity index (χ2n) is 8.22. The van der Waals surface area contributed by atoms with Gasteiger partial charge in [0.15, 0.2) is 0 Å². The molecule has 8 nitrogen and oxygen atoms in total. The number of nitrogens with one attached hydrogen (secondary N) is 1. The second kappa shape index (κ2) is 9.30. The molecule has 1 aliphatic rings. The zero-order valence-electron chi connectivity index (χ0n) is 18.8. The first-order chi connectivity index (χ1) is 16.5. The molecule has 1 aliphatic heterocycles. The van der Waals surface area contributed by atoms with Crippen molar-refractivity contribution in [3.8, 4) is 11.3 Å². The van der Waals surface area contributed by atoms with Crippen LogP contribution in [0.25, 0.3) is 33.2 Å². The summed E-state index contributed by atoms with van der Waals surface area (Å²) in [5, 5.41) is 1.34. The van der Waals surface area contributed by atoms with E-state index in [4.69, 9.17) is 21.3 Å². The Morgan fingerprint density at radius 3 is 2.68 bits per heavy atom. The highest BCUT2D eigenvalue weighted by molar-refractivity contribution is 6.35. The molecule has 2 aromatic carbocycles. The summed E-state index contributed by atoms with van der Waals surface area (Å²) >= 11 is 6.59. The number of halogens is 1. The molecule has 0 saturated carbocycles. The maximum atomic E-state index is 13.2. The lowest BCUT2D eigenvalue weighted by atomic mass is 10.1. The van der Waals surface area contributed by atoms with E-state index >= 15 is 0 Å². The van der Waals surface area contributed by atoms with Gasteiger partial charge in [-0.3, -0.25) is 4.79 Å². The van der Waals surface area contributed by atoms with E-state index in [1.165, 1.54) is 0 Å². The number of imidazole rings is 1. The van der Waals surface area contributed by atoms with Crippen LogP contribution in [-0.4, -0.2) is 69.5 Å². The van der Waals surface area contributed by atoms with Crippen molar-refractivity contribution >= 4 is 45.5 Å².